The van der Waals surface area contributed by atoms with E-state index in [0.717, 1.165) is 29.8 Å². The third-order valence-corrected chi connectivity index (χ3v) is 3.88. The first-order valence-corrected chi connectivity index (χ1v) is 7.74. The summed E-state index contributed by atoms with van der Waals surface area (Å²) in [5, 5.41) is 11.7. The average molecular weight is 316 g/mol. The second-order valence-electron chi connectivity index (χ2n) is 6.97. The number of hydrogen-bond donors (Lipinski definition) is 2. The van der Waals surface area contributed by atoms with Crippen LogP contribution in [0.2, 0.25) is 0 Å². The van der Waals surface area contributed by atoms with E-state index in [1.807, 2.05) is 0 Å². The van der Waals surface area contributed by atoms with E-state index in [2.05, 4.69) is 10.3 Å². The molecule has 6 heteroatoms. The minimum Gasteiger partial charge on any atom is -0.481 e. The van der Waals surface area contributed by atoms with E-state index in [-0.39, 0.29) is 18.7 Å². The molecule has 1 aliphatic rings. The van der Waals surface area contributed by atoms with Crippen LogP contribution in [0, 0.1) is 5.41 Å². The molecule has 1 saturated carbocycles. The van der Waals surface area contributed by atoms with Gasteiger partial charge in [0, 0.05) is 18.0 Å². The zero-order chi connectivity index (χ0) is 16.6. The molecule has 0 saturated heterocycles. The lowest BCUT2D eigenvalue weighted by atomic mass is 9.85. The Morgan fingerprint density at radius 1 is 1.35 bits per heavy atom. The van der Waals surface area contributed by atoms with Crippen molar-refractivity contribution in [3.63, 3.8) is 0 Å². The van der Waals surface area contributed by atoms with Gasteiger partial charge in [0.15, 0.2) is 11.5 Å². The number of aliphatic carboxylic acids is 1. The van der Waals surface area contributed by atoms with Crippen molar-refractivity contribution in [3.8, 4) is 0 Å². The van der Waals surface area contributed by atoms with Crippen LogP contribution in [0.1, 0.15) is 51.3 Å². The van der Waals surface area contributed by atoms with Crippen LogP contribution >= 0.6 is 0 Å². The van der Waals surface area contributed by atoms with Gasteiger partial charge in [-0.2, -0.15) is 0 Å². The van der Waals surface area contributed by atoms with Crippen molar-refractivity contribution >= 4 is 28.7 Å². The highest BCUT2D eigenvalue weighted by Crippen LogP contribution is 2.40. The molecule has 0 spiro atoms. The Kier molecular flexibility index (Phi) is 3.83. The van der Waals surface area contributed by atoms with Gasteiger partial charge in [-0.15, -0.1) is 0 Å². The second kappa shape index (κ2) is 5.68. The van der Waals surface area contributed by atoms with Gasteiger partial charge in [0.05, 0.1) is 6.42 Å². The number of carboxylic acids is 1. The van der Waals surface area contributed by atoms with Crippen molar-refractivity contribution in [2.75, 3.05) is 5.32 Å². The maximum absolute atomic E-state index is 12.1. The maximum Gasteiger partial charge on any atom is 0.303 e. The largest absolute Gasteiger partial charge is 0.481 e. The van der Waals surface area contributed by atoms with Crippen LogP contribution in [-0.2, 0) is 9.59 Å². The standard InChI is InChI=1S/C17H20N2O4/c1-17(2,9-15(21)22)8-14(20)18-11-5-6-13-12(7-11)19-16(23-13)10-3-4-10/h5-7,10H,3-4,8-9H2,1-2H3,(H,18,20)(H,21,22). The number of oxazole rings is 1. The lowest BCUT2D eigenvalue weighted by Gasteiger charge is -2.21. The summed E-state index contributed by atoms with van der Waals surface area (Å²) in [6, 6.07) is 5.35. The van der Waals surface area contributed by atoms with E-state index in [1.165, 1.54) is 0 Å². The number of carbonyl (C=O) groups is 2. The number of nitrogens with zero attached hydrogens (tertiary/aromatic N) is 1. The Balaban J connectivity index is 1.68. The van der Waals surface area contributed by atoms with Gasteiger partial charge in [0.1, 0.15) is 5.52 Å². The zero-order valence-electron chi connectivity index (χ0n) is 13.3. The smallest absolute Gasteiger partial charge is 0.303 e. The van der Waals surface area contributed by atoms with Gasteiger partial charge >= 0.3 is 5.97 Å². The van der Waals surface area contributed by atoms with E-state index in [1.54, 1.807) is 32.0 Å². The Labute approximate surface area is 133 Å². The number of amides is 1. The van der Waals surface area contributed by atoms with Crippen LogP contribution in [0.15, 0.2) is 22.6 Å². The van der Waals surface area contributed by atoms with Crippen LogP contribution in [0.5, 0.6) is 0 Å². The molecule has 0 unspecified atom stereocenters. The van der Waals surface area contributed by atoms with Crippen LogP contribution in [0.4, 0.5) is 5.69 Å². The number of fused-ring (bicyclic) bond motifs is 1. The molecule has 122 valence electrons. The second-order valence-corrected chi connectivity index (χ2v) is 6.97. The molecular weight excluding hydrogens is 296 g/mol. The summed E-state index contributed by atoms with van der Waals surface area (Å²) < 4.78 is 5.69. The van der Waals surface area contributed by atoms with Crippen LogP contribution < -0.4 is 5.32 Å². The molecule has 3 rings (SSSR count). The summed E-state index contributed by atoms with van der Waals surface area (Å²) >= 11 is 0. The van der Waals surface area contributed by atoms with Gasteiger partial charge in [-0.1, -0.05) is 13.8 Å². The third kappa shape index (κ3) is 3.88. The number of rotatable bonds is 6. The maximum atomic E-state index is 12.1. The molecule has 23 heavy (non-hydrogen) atoms. The molecule has 1 fully saturated rings. The quantitative estimate of drug-likeness (QED) is 0.850. The minimum absolute atomic E-state index is 0.0481. The summed E-state index contributed by atoms with van der Waals surface area (Å²) in [6.07, 6.45) is 2.33. The van der Waals surface area contributed by atoms with Gasteiger partial charge in [-0.3, -0.25) is 9.59 Å². The van der Waals surface area contributed by atoms with Gasteiger partial charge in [-0.25, -0.2) is 4.98 Å². The number of anilines is 1. The molecule has 0 aliphatic heterocycles. The molecule has 1 heterocycles. The first-order valence-electron chi connectivity index (χ1n) is 7.74. The fourth-order valence-corrected chi connectivity index (χ4v) is 2.64. The van der Waals surface area contributed by atoms with Gasteiger partial charge in [-0.05, 0) is 36.5 Å². The van der Waals surface area contributed by atoms with Crippen molar-refractivity contribution in [2.45, 2.75) is 45.4 Å². The first kappa shape index (κ1) is 15.5. The Morgan fingerprint density at radius 2 is 2.09 bits per heavy atom. The molecule has 0 radical (unpaired) electrons. The van der Waals surface area contributed by atoms with E-state index >= 15 is 0 Å². The van der Waals surface area contributed by atoms with Crippen molar-refractivity contribution in [1.82, 2.24) is 4.98 Å². The van der Waals surface area contributed by atoms with Crippen LogP contribution in [0.3, 0.4) is 0 Å². The Hall–Kier alpha value is -2.37. The Bertz CT molecular complexity index is 759. The van der Waals surface area contributed by atoms with E-state index in [0.29, 0.717) is 11.6 Å². The normalized spacial score (nSPS) is 14.9. The summed E-state index contributed by atoms with van der Waals surface area (Å²) in [7, 11) is 0. The van der Waals surface area contributed by atoms with Crippen molar-refractivity contribution in [3.05, 3.63) is 24.1 Å². The zero-order valence-corrected chi connectivity index (χ0v) is 13.3. The SMILES string of the molecule is CC(C)(CC(=O)O)CC(=O)Nc1ccc2oc(C3CC3)nc2c1. The molecule has 2 N–H and O–H groups in total. The van der Waals surface area contributed by atoms with Crippen molar-refractivity contribution in [1.29, 1.82) is 0 Å². The fourth-order valence-electron chi connectivity index (χ4n) is 2.64. The monoisotopic (exact) mass is 316 g/mol. The van der Waals surface area contributed by atoms with E-state index in [4.69, 9.17) is 9.52 Å². The van der Waals surface area contributed by atoms with Gasteiger partial charge < -0.3 is 14.8 Å². The number of carbonyl (C=O) groups excluding carboxylic acids is 1. The number of benzene rings is 1. The highest BCUT2D eigenvalue weighted by Gasteiger charge is 2.29. The number of aromatic nitrogens is 1. The number of hydrogen-bond acceptors (Lipinski definition) is 4. The number of nitrogens with one attached hydrogen (secondary N) is 1. The molecule has 1 aliphatic carbocycles. The molecule has 2 aromatic rings. The van der Waals surface area contributed by atoms with Crippen molar-refractivity contribution < 1.29 is 19.1 Å². The highest BCUT2D eigenvalue weighted by atomic mass is 16.4. The first-order chi connectivity index (χ1) is 10.8. The molecular formula is C17H20N2O4. The van der Waals surface area contributed by atoms with E-state index in [9.17, 15) is 9.59 Å². The lowest BCUT2D eigenvalue weighted by Crippen LogP contribution is -2.24. The summed E-state index contributed by atoms with van der Waals surface area (Å²) in [5.41, 5.74) is 1.50. The fraction of sp³-hybridized carbons (Fsp3) is 0.471. The predicted molar refractivity (Wildman–Crippen MR) is 85.3 cm³/mol. The highest BCUT2D eigenvalue weighted by molar-refractivity contribution is 5.93. The molecule has 1 aromatic carbocycles. The molecule has 1 aromatic heterocycles. The molecule has 1 amide bonds. The minimum atomic E-state index is -0.903. The van der Waals surface area contributed by atoms with Crippen molar-refractivity contribution in [2.24, 2.45) is 5.41 Å². The average Bonchev–Trinajstić information content (AvgIpc) is 3.16. The van der Waals surface area contributed by atoms with Gasteiger partial charge in [0.2, 0.25) is 5.91 Å². The summed E-state index contributed by atoms with van der Waals surface area (Å²) in [6.45, 7) is 3.53. The van der Waals surface area contributed by atoms with E-state index < -0.39 is 11.4 Å². The summed E-state index contributed by atoms with van der Waals surface area (Å²) in [5.74, 6) is 0.101. The number of carboxylic acid groups (broad SMARTS) is 1. The molecule has 6 nitrogen and oxygen atoms in total. The molecule has 0 atom stereocenters. The summed E-state index contributed by atoms with van der Waals surface area (Å²) in [4.78, 5) is 27.4. The van der Waals surface area contributed by atoms with Gasteiger partial charge in [0.25, 0.3) is 0 Å². The van der Waals surface area contributed by atoms with Crippen LogP contribution in [0.25, 0.3) is 11.1 Å². The van der Waals surface area contributed by atoms with Crippen LogP contribution in [-0.4, -0.2) is 22.0 Å². The lowest BCUT2D eigenvalue weighted by molar-refractivity contribution is -0.139. The Morgan fingerprint density at radius 3 is 2.74 bits per heavy atom. The molecule has 0 bridgehead atoms. The topological polar surface area (TPSA) is 92.4 Å². The predicted octanol–water partition coefficient (Wildman–Crippen LogP) is 3.53. The third-order valence-electron chi connectivity index (χ3n) is 3.88.